The van der Waals surface area contributed by atoms with E-state index >= 15 is 0 Å². The minimum absolute atomic E-state index is 0.0183. The lowest BCUT2D eigenvalue weighted by atomic mass is 9.81. The van der Waals surface area contributed by atoms with Crippen LogP contribution >= 0.6 is 15.9 Å². The zero-order valence-corrected chi connectivity index (χ0v) is 26.2. The highest BCUT2D eigenvalue weighted by molar-refractivity contribution is 9.10. The largest absolute Gasteiger partial charge is 0.494 e. The van der Waals surface area contributed by atoms with Crippen molar-refractivity contribution in [3.63, 3.8) is 0 Å². The molecule has 12 heteroatoms. The van der Waals surface area contributed by atoms with E-state index in [1.165, 1.54) is 0 Å². The molecule has 46 heavy (non-hydrogen) atoms. The van der Waals surface area contributed by atoms with E-state index in [-0.39, 0.29) is 37.6 Å². The van der Waals surface area contributed by atoms with Crippen LogP contribution in [0.1, 0.15) is 40.3 Å². The fraction of sp³-hybridized carbons (Fsp3) is 0.235. The molecule has 0 aromatic heterocycles. The third kappa shape index (κ3) is 7.71. The van der Waals surface area contributed by atoms with Gasteiger partial charge in [-0.05, 0) is 76.3 Å². The molecule has 1 amide bonds. The molecule has 1 aliphatic heterocycles. The van der Waals surface area contributed by atoms with Crippen molar-refractivity contribution < 1.29 is 28.2 Å². The molecule has 0 aliphatic carbocycles. The molecule has 0 fully saturated rings. The minimum atomic E-state index is -1.59. The number of amides is 1. The van der Waals surface area contributed by atoms with Gasteiger partial charge in [-0.25, -0.2) is 13.8 Å². The Balaban J connectivity index is 1.59. The quantitative estimate of drug-likeness (QED) is 0.0671. The number of halogens is 3. The Morgan fingerprint density at radius 2 is 1.74 bits per heavy atom. The smallest absolute Gasteiger partial charge is 0.252 e. The summed E-state index contributed by atoms with van der Waals surface area (Å²) in [6.45, 7) is 0.273. The second-order valence-electron chi connectivity index (χ2n) is 10.6. The summed E-state index contributed by atoms with van der Waals surface area (Å²) < 4.78 is 41.0. The molecule has 0 radical (unpaired) electrons. The maximum Gasteiger partial charge on any atom is 0.252 e. The number of ether oxygens (including phenoxy) is 2. The number of nitrogens with one attached hydrogen (secondary N) is 1. The predicted molar refractivity (Wildman–Crippen MR) is 172 cm³/mol. The number of benzene rings is 4. The van der Waals surface area contributed by atoms with E-state index in [1.54, 1.807) is 24.3 Å². The molecule has 0 saturated carbocycles. The first-order chi connectivity index (χ1) is 22.3. The van der Waals surface area contributed by atoms with Crippen molar-refractivity contribution in [3.05, 3.63) is 145 Å². The van der Waals surface area contributed by atoms with Crippen molar-refractivity contribution in [2.75, 3.05) is 13.2 Å². The monoisotopic (exact) mass is 689 g/mol. The van der Waals surface area contributed by atoms with Crippen LogP contribution in [0.5, 0.6) is 5.75 Å². The average Bonchev–Trinajstić information content (AvgIpc) is 3.44. The van der Waals surface area contributed by atoms with Gasteiger partial charge in [0.25, 0.3) is 5.91 Å². The molecule has 4 aromatic carbocycles. The van der Waals surface area contributed by atoms with Crippen LogP contribution in [0.3, 0.4) is 0 Å². The zero-order chi connectivity index (χ0) is 32.5. The number of carbonyl (C=O) groups excluding carboxylic acids is 1. The van der Waals surface area contributed by atoms with Crippen molar-refractivity contribution in [2.45, 2.75) is 37.6 Å². The van der Waals surface area contributed by atoms with Gasteiger partial charge in [-0.2, -0.15) is 0 Å². The van der Waals surface area contributed by atoms with Crippen LogP contribution in [0, 0.1) is 11.6 Å². The number of aliphatic imine (C=N–C) groups is 1. The topological polar surface area (TPSA) is 129 Å². The van der Waals surface area contributed by atoms with Gasteiger partial charge < -0.3 is 19.9 Å². The number of hydrogen-bond donors (Lipinski definition) is 2. The summed E-state index contributed by atoms with van der Waals surface area (Å²) in [7, 11) is 0. The first-order valence-electron chi connectivity index (χ1n) is 14.5. The van der Waals surface area contributed by atoms with Gasteiger partial charge in [0.15, 0.2) is 11.6 Å². The van der Waals surface area contributed by atoms with Crippen LogP contribution in [0.25, 0.3) is 10.4 Å². The zero-order valence-electron chi connectivity index (χ0n) is 24.6. The fourth-order valence-corrected chi connectivity index (χ4v) is 5.51. The normalized spacial score (nSPS) is 17.0. The molecule has 0 spiro atoms. The van der Waals surface area contributed by atoms with Crippen molar-refractivity contribution in [2.24, 2.45) is 10.1 Å². The van der Waals surface area contributed by atoms with Crippen molar-refractivity contribution in [1.29, 1.82) is 0 Å². The lowest BCUT2D eigenvalue weighted by molar-refractivity contribution is -0.129. The highest BCUT2D eigenvalue weighted by Crippen LogP contribution is 2.43. The molecule has 9 nitrogen and oxygen atoms in total. The van der Waals surface area contributed by atoms with E-state index in [4.69, 9.17) is 25.1 Å². The van der Waals surface area contributed by atoms with E-state index in [1.807, 2.05) is 48.5 Å². The molecule has 4 aromatic rings. The van der Waals surface area contributed by atoms with Crippen molar-refractivity contribution >= 4 is 27.7 Å². The molecule has 1 heterocycles. The van der Waals surface area contributed by atoms with Crippen molar-refractivity contribution in [1.82, 2.24) is 5.32 Å². The van der Waals surface area contributed by atoms with Crippen molar-refractivity contribution in [3.8, 4) is 5.75 Å². The van der Waals surface area contributed by atoms with Crippen LogP contribution in [0.15, 0.2) is 106 Å². The maximum absolute atomic E-state index is 14.5. The predicted octanol–water partition coefficient (Wildman–Crippen LogP) is 7.11. The summed E-state index contributed by atoms with van der Waals surface area (Å²) in [5, 5.41) is 15.6. The fourth-order valence-electron chi connectivity index (χ4n) is 5.25. The van der Waals surface area contributed by atoms with Gasteiger partial charge in [-0.1, -0.05) is 57.4 Å². The summed E-state index contributed by atoms with van der Waals surface area (Å²) in [6.07, 6.45) is -0.360. The Labute approximate surface area is 272 Å². The number of aliphatic hydroxyl groups is 1. The second-order valence-corrected chi connectivity index (χ2v) is 11.6. The van der Waals surface area contributed by atoms with Crippen LogP contribution in [0.4, 0.5) is 8.78 Å². The number of azide groups is 1. The molecule has 5 rings (SSSR count). The van der Waals surface area contributed by atoms with E-state index in [0.29, 0.717) is 41.0 Å². The minimum Gasteiger partial charge on any atom is -0.494 e. The number of carbonyl (C=O) groups is 1. The summed E-state index contributed by atoms with van der Waals surface area (Å²) in [4.78, 5) is 22.3. The Morgan fingerprint density at radius 3 is 2.41 bits per heavy atom. The number of aliphatic hydroxyl groups excluding tert-OH is 1. The summed E-state index contributed by atoms with van der Waals surface area (Å²) >= 11 is 3.46. The van der Waals surface area contributed by atoms with E-state index in [2.05, 4.69) is 31.3 Å². The number of nitrogens with zero attached hydrogens (tertiary/aromatic N) is 4. The standard InChI is InChI=1S/C34H30BrF2N5O4/c35-27-10-6-23(7-11-27)31-34(19-25-4-1-2-5-26(25)21-40-42-38,33(44)39-20-22-16-28(36)18-29(37)17-22)41-32(46-31)24-8-12-30(13-9-24)45-15-3-14-43/h1-2,4-13,16-18,31,43H,3,14-15,19-21H2,(H,39,44)/t31-,34-/m1/s1. The summed E-state index contributed by atoms with van der Waals surface area (Å²) in [5.74, 6) is -1.23. The third-order valence-corrected chi connectivity index (χ3v) is 7.99. The first kappa shape index (κ1) is 32.6. The van der Waals surface area contributed by atoms with Gasteiger partial charge in [-0.15, -0.1) is 0 Å². The molecule has 0 saturated heterocycles. The lowest BCUT2D eigenvalue weighted by Gasteiger charge is -2.31. The SMILES string of the molecule is [N-]=[N+]=NCc1ccccc1C[C@@]1(C(=O)NCc2cc(F)cc(F)c2)N=C(c2ccc(OCCCO)cc2)O[C@@H]1c1ccc(Br)cc1. The molecule has 0 bridgehead atoms. The summed E-state index contributed by atoms with van der Waals surface area (Å²) in [5.41, 5.74) is 10.3. The van der Waals surface area contributed by atoms with Crippen LogP contribution in [0.2, 0.25) is 0 Å². The van der Waals surface area contributed by atoms with Gasteiger partial charge in [0.2, 0.25) is 5.90 Å². The maximum atomic E-state index is 14.5. The van der Waals surface area contributed by atoms with Gasteiger partial charge in [-0.3, -0.25) is 4.79 Å². The summed E-state index contributed by atoms with van der Waals surface area (Å²) in [6, 6.07) is 24.7. The Morgan fingerprint density at radius 1 is 1.04 bits per heavy atom. The molecule has 1 aliphatic rings. The highest BCUT2D eigenvalue weighted by atomic mass is 79.9. The van der Waals surface area contributed by atoms with E-state index in [0.717, 1.165) is 22.7 Å². The van der Waals surface area contributed by atoms with Crippen LogP contribution < -0.4 is 10.1 Å². The van der Waals surface area contributed by atoms with E-state index < -0.39 is 29.2 Å². The van der Waals surface area contributed by atoms with Gasteiger partial charge in [0.1, 0.15) is 17.4 Å². The van der Waals surface area contributed by atoms with Gasteiger partial charge in [0.05, 0.1) is 13.2 Å². The number of rotatable bonds is 13. The molecular formula is C34H30BrF2N5O4. The molecular weight excluding hydrogens is 660 g/mol. The second kappa shape index (κ2) is 15.0. The molecule has 236 valence electrons. The molecule has 2 N–H and O–H groups in total. The van der Waals surface area contributed by atoms with E-state index in [9.17, 15) is 13.6 Å². The number of hydrogen-bond acceptors (Lipinski definition) is 6. The Kier molecular flexibility index (Phi) is 10.6. The van der Waals surface area contributed by atoms with Crippen LogP contribution in [-0.4, -0.2) is 35.7 Å². The van der Waals surface area contributed by atoms with Gasteiger partial charge in [0, 0.05) is 47.0 Å². The molecule has 0 unspecified atom stereocenters. The Bertz CT molecular complexity index is 1740. The third-order valence-electron chi connectivity index (χ3n) is 7.46. The van der Waals surface area contributed by atoms with Crippen LogP contribution in [-0.2, 0) is 29.0 Å². The first-order valence-corrected chi connectivity index (χ1v) is 15.3. The van der Waals surface area contributed by atoms with Gasteiger partial charge >= 0.3 is 0 Å². The molecule has 2 atom stereocenters. The lowest BCUT2D eigenvalue weighted by Crippen LogP contribution is -2.49. The Hall–Kier alpha value is -4.77. The average molecular weight is 691 g/mol. The highest BCUT2D eigenvalue weighted by Gasteiger charge is 2.53.